The fourth-order valence-electron chi connectivity index (χ4n) is 3.32. The standard InChI is InChI=1S/C18H23N3O5S/c1-3-19-17(22)12(2)26-18(23)13-7-6-10-21(11-13)16-14-8-4-5-9-15(14)27(24,25)20-16/h4-5,8-9,12-13H,3,6-7,10-11H2,1-2H3,(H,19,22)/t12-,13-/m1/s1. The largest absolute Gasteiger partial charge is 0.452 e. The first-order chi connectivity index (χ1) is 12.8. The number of hydrogen-bond donors (Lipinski definition) is 1. The summed E-state index contributed by atoms with van der Waals surface area (Å²) >= 11 is 0. The zero-order valence-electron chi connectivity index (χ0n) is 15.3. The van der Waals surface area contributed by atoms with Crippen LogP contribution in [0.25, 0.3) is 0 Å². The van der Waals surface area contributed by atoms with Gasteiger partial charge in [-0.2, -0.15) is 8.42 Å². The molecule has 9 heteroatoms. The number of carbonyl (C=O) groups excluding carboxylic acids is 2. The average Bonchev–Trinajstić information content (AvgIpc) is 2.93. The second-order valence-electron chi connectivity index (χ2n) is 6.64. The van der Waals surface area contributed by atoms with Gasteiger partial charge in [0, 0.05) is 25.2 Å². The topological polar surface area (TPSA) is 105 Å². The van der Waals surface area contributed by atoms with Crippen LogP contribution in [0.15, 0.2) is 33.6 Å². The molecule has 1 aromatic rings. The van der Waals surface area contributed by atoms with E-state index in [0.29, 0.717) is 43.9 Å². The van der Waals surface area contributed by atoms with Gasteiger partial charge in [0.25, 0.3) is 15.9 Å². The van der Waals surface area contributed by atoms with Crippen LogP contribution in [0.5, 0.6) is 0 Å². The van der Waals surface area contributed by atoms with Crippen molar-refractivity contribution in [2.24, 2.45) is 10.3 Å². The molecule has 2 atom stereocenters. The zero-order valence-corrected chi connectivity index (χ0v) is 16.2. The molecule has 2 aliphatic heterocycles. The molecule has 1 fully saturated rings. The zero-order chi connectivity index (χ0) is 19.6. The maximum atomic E-state index is 12.5. The first-order valence-electron chi connectivity index (χ1n) is 9.01. The number of nitrogens with zero attached hydrogens (tertiary/aromatic N) is 2. The molecular formula is C18H23N3O5S. The Morgan fingerprint density at radius 1 is 1.37 bits per heavy atom. The normalized spacial score (nSPS) is 21.8. The van der Waals surface area contributed by atoms with Crippen molar-refractivity contribution in [3.63, 3.8) is 0 Å². The van der Waals surface area contributed by atoms with Crippen LogP contribution < -0.4 is 5.32 Å². The molecule has 27 heavy (non-hydrogen) atoms. The van der Waals surface area contributed by atoms with E-state index >= 15 is 0 Å². The molecule has 0 spiro atoms. The summed E-state index contributed by atoms with van der Waals surface area (Å²) in [5.74, 6) is -0.847. The molecular weight excluding hydrogens is 370 g/mol. The van der Waals surface area contributed by atoms with Gasteiger partial charge in [0.05, 0.1) is 5.92 Å². The number of carbonyl (C=O) groups is 2. The van der Waals surface area contributed by atoms with Crippen molar-refractivity contribution in [3.05, 3.63) is 29.8 Å². The Morgan fingerprint density at radius 2 is 2.11 bits per heavy atom. The number of amidine groups is 1. The van der Waals surface area contributed by atoms with Crippen molar-refractivity contribution in [1.29, 1.82) is 0 Å². The van der Waals surface area contributed by atoms with Crippen LogP contribution in [0.4, 0.5) is 0 Å². The fraction of sp³-hybridized carbons (Fsp3) is 0.500. The second-order valence-corrected chi connectivity index (χ2v) is 8.22. The van der Waals surface area contributed by atoms with Gasteiger partial charge < -0.3 is 15.0 Å². The van der Waals surface area contributed by atoms with Gasteiger partial charge in [-0.3, -0.25) is 9.59 Å². The van der Waals surface area contributed by atoms with Crippen molar-refractivity contribution < 1.29 is 22.7 Å². The lowest BCUT2D eigenvalue weighted by atomic mass is 9.97. The van der Waals surface area contributed by atoms with E-state index in [9.17, 15) is 18.0 Å². The molecule has 0 aromatic heterocycles. The Hall–Kier alpha value is -2.42. The molecule has 2 heterocycles. The van der Waals surface area contributed by atoms with Gasteiger partial charge in [-0.15, -0.1) is 4.40 Å². The summed E-state index contributed by atoms with van der Waals surface area (Å²) in [5.41, 5.74) is 0.558. The van der Waals surface area contributed by atoms with Gasteiger partial charge in [-0.1, -0.05) is 12.1 Å². The number of sulfonamides is 1. The fourth-order valence-corrected chi connectivity index (χ4v) is 4.55. The third-order valence-electron chi connectivity index (χ3n) is 4.68. The lowest BCUT2D eigenvalue weighted by Crippen LogP contribution is -2.44. The van der Waals surface area contributed by atoms with E-state index in [2.05, 4.69) is 9.71 Å². The van der Waals surface area contributed by atoms with E-state index in [1.165, 1.54) is 13.0 Å². The van der Waals surface area contributed by atoms with Crippen molar-refractivity contribution in [2.45, 2.75) is 37.7 Å². The molecule has 0 aliphatic carbocycles. The molecule has 1 N–H and O–H groups in total. The first kappa shape index (κ1) is 19.3. The molecule has 1 saturated heterocycles. The maximum absolute atomic E-state index is 12.5. The minimum absolute atomic E-state index is 0.189. The third-order valence-corrected chi connectivity index (χ3v) is 6.01. The number of esters is 1. The number of piperidine rings is 1. The summed E-state index contributed by atoms with van der Waals surface area (Å²) in [6.07, 6.45) is 0.466. The van der Waals surface area contributed by atoms with E-state index in [0.717, 1.165) is 0 Å². The number of amides is 1. The van der Waals surface area contributed by atoms with Crippen LogP contribution in [0.1, 0.15) is 32.3 Å². The van der Waals surface area contributed by atoms with E-state index < -0.39 is 28.0 Å². The summed E-state index contributed by atoms with van der Waals surface area (Å²) in [5, 5.41) is 2.61. The van der Waals surface area contributed by atoms with Crippen molar-refractivity contribution >= 4 is 27.7 Å². The summed E-state index contributed by atoms with van der Waals surface area (Å²) in [4.78, 5) is 26.2. The maximum Gasteiger partial charge on any atom is 0.311 e. The molecule has 0 unspecified atom stereocenters. The highest BCUT2D eigenvalue weighted by Gasteiger charge is 2.36. The number of benzene rings is 1. The summed E-state index contributed by atoms with van der Waals surface area (Å²) in [6.45, 7) is 4.71. The van der Waals surface area contributed by atoms with Gasteiger partial charge in [0.2, 0.25) is 0 Å². The predicted octanol–water partition coefficient (Wildman–Crippen LogP) is 0.915. The SMILES string of the molecule is CCNC(=O)[C@@H](C)OC(=O)[C@@H]1CCCN(C2=NS(=O)(=O)c3ccccc32)C1. The van der Waals surface area contributed by atoms with Crippen LogP contribution in [0.3, 0.4) is 0 Å². The van der Waals surface area contributed by atoms with Crippen LogP contribution in [-0.4, -0.2) is 56.8 Å². The van der Waals surface area contributed by atoms with Crippen molar-refractivity contribution in [3.8, 4) is 0 Å². The predicted molar refractivity (Wildman–Crippen MR) is 98.7 cm³/mol. The van der Waals surface area contributed by atoms with Crippen molar-refractivity contribution in [2.75, 3.05) is 19.6 Å². The highest BCUT2D eigenvalue weighted by atomic mass is 32.2. The molecule has 1 amide bonds. The highest BCUT2D eigenvalue weighted by molar-refractivity contribution is 7.90. The lowest BCUT2D eigenvalue weighted by molar-refractivity contribution is -0.159. The molecule has 2 aliphatic rings. The molecule has 146 valence electrons. The number of hydrogen-bond acceptors (Lipinski definition) is 6. The average molecular weight is 393 g/mol. The minimum atomic E-state index is -3.70. The Bertz CT molecular complexity index is 881. The van der Waals surface area contributed by atoms with Crippen LogP contribution >= 0.6 is 0 Å². The monoisotopic (exact) mass is 393 g/mol. The van der Waals surface area contributed by atoms with E-state index in [-0.39, 0.29) is 10.8 Å². The Labute approximate surface area is 158 Å². The summed E-state index contributed by atoms with van der Waals surface area (Å²) in [7, 11) is -3.70. The number of likely N-dealkylation sites (tertiary alicyclic amines) is 1. The number of ether oxygens (including phenoxy) is 1. The molecule has 0 radical (unpaired) electrons. The van der Waals surface area contributed by atoms with Crippen LogP contribution in [0, 0.1) is 5.92 Å². The third kappa shape index (κ3) is 3.97. The second kappa shape index (κ2) is 7.67. The Kier molecular flexibility index (Phi) is 5.50. The van der Waals surface area contributed by atoms with Crippen molar-refractivity contribution in [1.82, 2.24) is 10.2 Å². The minimum Gasteiger partial charge on any atom is -0.452 e. The van der Waals surface area contributed by atoms with E-state index in [4.69, 9.17) is 4.74 Å². The molecule has 3 rings (SSSR count). The molecule has 0 saturated carbocycles. The first-order valence-corrected chi connectivity index (χ1v) is 10.4. The van der Waals surface area contributed by atoms with Gasteiger partial charge in [-0.05, 0) is 38.8 Å². The quantitative estimate of drug-likeness (QED) is 0.763. The number of nitrogens with one attached hydrogen (secondary N) is 1. The summed E-state index contributed by atoms with van der Waals surface area (Å²) in [6, 6.07) is 6.68. The number of fused-ring (bicyclic) bond motifs is 1. The van der Waals surface area contributed by atoms with Crippen LogP contribution in [-0.2, 0) is 24.3 Å². The Balaban J connectivity index is 1.72. The number of likely N-dealkylation sites (N-methyl/N-ethyl adjacent to an activating group) is 1. The summed E-state index contributed by atoms with van der Waals surface area (Å²) < 4.78 is 33.7. The van der Waals surface area contributed by atoms with Gasteiger partial charge in [0.1, 0.15) is 4.90 Å². The molecule has 8 nitrogen and oxygen atoms in total. The lowest BCUT2D eigenvalue weighted by Gasteiger charge is -2.33. The molecule has 1 aromatic carbocycles. The smallest absolute Gasteiger partial charge is 0.311 e. The van der Waals surface area contributed by atoms with Gasteiger partial charge in [0.15, 0.2) is 11.9 Å². The Morgan fingerprint density at radius 3 is 2.85 bits per heavy atom. The van der Waals surface area contributed by atoms with E-state index in [1.807, 2.05) is 4.90 Å². The van der Waals surface area contributed by atoms with E-state index in [1.54, 1.807) is 25.1 Å². The molecule has 0 bridgehead atoms. The number of rotatable bonds is 4. The van der Waals surface area contributed by atoms with Gasteiger partial charge in [-0.25, -0.2) is 0 Å². The highest BCUT2D eigenvalue weighted by Crippen LogP contribution is 2.30. The van der Waals surface area contributed by atoms with Gasteiger partial charge >= 0.3 is 5.97 Å². The van der Waals surface area contributed by atoms with Crippen LogP contribution in [0.2, 0.25) is 0 Å².